The first-order valence-electron chi connectivity index (χ1n) is 7.64. The van der Waals surface area contributed by atoms with Gasteiger partial charge in [-0.2, -0.15) is 0 Å². The van der Waals surface area contributed by atoms with Crippen molar-refractivity contribution in [3.05, 3.63) is 71.3 Å². The van der Waals surface area contributed by atoms with Gasteiger partial charge < -0.3 is 15.2 Å². The van der Waals surface area contributed by atoms with Crippen LogP contribution in [0, 0.1) is 11.6 Å². The molecule has 2 aromatic carbocycles. The van der Waals surface area contributed by atoms with Gasteiger partial charge in [-0.05, 0) is 29.3 Å². The van der Waals surface area contributed by atoms with Crippen molar-refractivity contribution in [3.63, 3.8) is 0 Å². The van der Waals surface area contributed by atoms with Gasteiger partial charge in [-0.3, -0.25) is 0 Å². The number of hydrogen-bond acceptors (Lipinski definition) is 3. The SMILES string of the molecule is O[C@](Cc1cc(F)ccc1F)(c1ccccc1)[C@@H]1CNCCO1. The van der Waals surface area contributed by atoms with Crippen molar-refractivity contribution in [2.75, 3.05) is 19.7 Å². The van der Waals surface area contributed by atoms with Crippen LogP contribution in [0.3, 0.4) is 0 Å². The molecule has 1 fully saturated rings. The minimum Gasteiger partial charge on any atom is -0.382 e. The van der Waals surface area contributed by atoms with Crippen LogP contribution in [0.25, 0.3) is 0 Å². The monoisotopic (exact) mass is 319 g/mol. The quantitative estimate of drug-likeness (QED) is 0.909. The van der Waals surface area contributed by atoms with E-state index in [2.05, 4.69) is 5.32 Å². The largest absolute Gasteiger partial charge is 0.382 e. The van der Waals surface area contributed by atoms with E-state index in [9.17, 15) is 13.9 Å². The third-order valence-corrected chi connectivity index (χ3v) is 4.20. The molecule has 2 atom stereocenters. The number of nitrogens with one attached hydrogen (secondary N) is 1. The van der Waals surface area contributed by atoms with E-state index < -0.39 is 23.3 Å². The van der Waals surface area contributed by atoms with Gasteiger partial charge in [0.25, 0.3) is 0 Å². The minimum atomic E-state index is -1.44. The molecule has 1 aliphatic rings. The first-order valence-corrected chi connectivity index (χ1v) is 7.64. The molecule has 1 saturated heterocycles. The highest BCUT2D eigenvalue weighted by molar-refractivity contribution is 5.29. The lowest BCUT2D eigenvalue weighted by molar-refractivity contribution is -0.124. The standard InChI is InChI=1S/C18H19F2NO2/c19-15-6-7-16(20)13(10-15)11-18(22,14-4-2-1-3-5-14)17-12-21-8-9-23-17/h1-7,10,17,21-22H,8-9,11-12H2/t17-,18+/m0/s1. The molecule has 1 aliphatic heterocycles. The second-order valence-electron chi connectivity index (χ2n) is 5.77. The first-order chi connectivity index (χ1) is 11.1. The Kier molecular flexibility index (Phi) is 4.71. The van der Waals surface area contributed by atoms with Crippen LogP contribution in [-0.4, -0.2) is 30.9 Å². The molecule has 0 unspecified atom stereocenters. The molecule has 0 radical (unpaired) electrons. The Morgan fingerprint density at radius 2 is 1.96 bits per heavy atom. The van der Waals surface area contributed by atoms with E-state index in [1.54, 1.807) is 24.3 Å². The van der Waals surface area contributed by atoms with Crippen molar-refractivity contribution in [1.82, 2.24) is 5.32 Å². The normalized spacial score (nSPS) is 20.9. The third-order valence-electron chi connectivity index (χ3n) is 4.20. The van der Waals surface area contributed by atoms with Crippen LogP contribution in [-0.2, 0) is 16.8 Å². The number of halogens is 2. The lowest BCUT2D eigenvalue weighted by atomic mass is 9.82. The molecule has 3 nitrogen and oxygen atoms in total. The number of aliphatic hydroxyl groups is 1. The molecule has 0 amide bonds. The van der Waals surface area contributed by atoms with Gasteiger partial charge >= 0.3 is 0 Å². The van der Waals surface area contributed by atoms with Gasteiger partial charge in [0.15, 0.2) is 0 Å². The van der Waals surface area contributed by atoms with Gasteiger partial charge in [-0.25, -0.2) is 8.78 Å². The highest BCUT2D eigenvalue weighted by Crippen LogP contribution is 2.32. The molecule has 0 aromatic heterocycles. The zero-order valence-electron chi connectivity index (χ0n) is 12.6. The first kappa shape index (κ1) is 16.1. The van der Waals surface area contributed by atoms with Crippen LogP contribution in [0.1, 0.15) is 11.1 Å². The summed E-state index contributed by atoms with van der Waals surface area (Å²) in [6.45, 7) is 1.61. The van der Waals surface area contributed by atoms with E-state index >= 15 is 0 Å². The van der Waals surface area contributed by atoms with Crippen LogP contribution in [0.15, 0.2) is 48.5 Å². The molecule has 2 aromatic rings. The second kappa shape index (κ2) is 6.74. The van der Waals surface area contributed by atoms with Crippen molar-refractivity contribution in [1.29, 1.82) is 0 Å². The number of benzene rings is 2. The molecule has 0 spiro atoms. The number of rotatable bonds is 4. The van der Waals surface area contributed by atoms with Crippen molar-refractivity contribution < 1.29 is 18.6 Å². The molecule has 3 rings (SSSR count). The van der Waals surface area contributed by atoms with Crippen LogP contribution in [0.5, 0.6) is 0 Å². The van der Waals surface area contributed by atoms with E-state index in [0.29, 0.717) is 25.3 Å². The fourth-order valence-corrected chi connectivity index (χ4v) is 2.97. The summed E-state index contributed by atoms with van der Waals surface area (Å²) in [5.41, 5.74) is -0.688. The third kappa shape index (κ3) is 3.42. The van der Waals surface area contributed by atoms with Gasteiger partial charge in [-0.1, -0.05) is 30.3 Å². The summed E-state index contributed by atoms with van der Waals surface area (Å²) in [4.78, 5) is 0. The smallest absolute Gasteiger partial charge is 0.126 e. The highest BCUT2D eigenvalue weighted by Gasteiger charge is 2.41. The maximum atomic E-state index is 14.0. The molecule has 0 bridgehead atoms. The summed E-state index contributed by atoms with van der Waals surface area (Å²) in [6.07, 6.45) is -0.603. The Hall–Kier alpha value is -1.82. The van der Waals surface area contributed by atoms with E-state index in [1.807, 2.05) is 6.07 Å². The molecule has 0 saturated carbocycles. The molecule has 2 N–H and O–H groups in total. The number of ether oxygens (including phenoxy) is 1. The van der Waals surface area contributed by atoms with Gasteiger partial charge in [0.05, 0.1) is 6.61 Å². The summed E-state index contributed by atoms with van der Waals surface area (Å²) in [6, 6.07) is 12.3. The average Bonchev–Trinajstić information content (AvgIpc) is 2.59. The maximum Gasteiger partial charge on any atom is 0.126 e. The fourth-order valence-electron chi connectivity index (χ4n) is 2.97. The molecular formula is C18H19F2NO2. The van der Waals surface area contributed by atoms with E-state index in [4.69, 9.17) is 4.74 Å². The van der Waals surface area contributed by atoms with Crippen molar-refractivity contribution in [3.8, 4) is 0 Å². The summed E-state index contributed by atoms with van der Waals surface area (Å²) in [7, 11) is 0. The number of hydrogen-bond donors (Lipinski definition) is 2. The fraction of sp³-hybridized carbons (Fsp3) is 0.333. The Labute approximate surface area is 133 Å². The van der Waals surface area contributed by atoms with Crippen molar-refractivity contribution in [2.24, 2.45) is 0 Å². The van der Waals surface area contributed by atoms with Crippen LogP contribution in [0.2, 0.25) is 0 Å². The minimum absolute atomic E-state index is 0.0625. The Morgan fingerprint density at radius 1 is 1.17 bits per heavy atom. The molecule has 0 aliphatic carbocycles. The van der Waals surface area contributed by atoms with E-state index in [1.165, 1.54) is 0 Å². The molecule has 5 heteroatoms. The van der Waals surface area contributed by atoms with E-state index in [0.717, 1.165) is 18.2 Å². The number of morpholine rings is 1. The molecular weight excluding hydrogens is 300 g/mol. The average molecular weight is 319 g/mol. The summed E-state index contributed by atoms with van der Waals surface area (Å²) < 4.78 is 33.2. The van der Waals surface area contributed by atoms with Gasteiger partial charge in [0.2, 0.25) is 0 Å². The van der Waals surface area contributed by atoms with Gasteiger partial charge in [0, 0.05) is 19.5 Å². The summed E-state index contributed by atoms with van der Waals surface area (Å²) >= 11 is 0. The zero-order chi connectivity index (χ0) is 16.3. The van der Waals surface area contributed by atoms with Crippen LogP contribution in [0.4, 0.5) is 8.78 Å². The lowest BCUT2D eigenvalue weighted by Crippen LogP contribution is -2.52. The zero-order valence-corrected chi connectivity index (χ0v) is 12.6. The Balaban J connectivity index is 1.99. The predicted octanol–water partition coefficient (Wildman–Crippen LogP) is 2.38. The topological polar surface area (TPSA) is 41.5 Å². The molecule has 23 heavy (non-hydrogen) atoms. The van der Waals surface area contributed by atoms with Crippen LogP contribution < -0.4 is 5.32 Å². The lowest BCUT2D eigenvalue weighted by Gasteiger charge is -2.39. The van der Waals surface area contributed by atoms with Gasteiger partial charge in [0.1, 0.15) is 23.3 Å². The van der Waals surface area contributed by atoms with Gasteiger partial charge in [-0.15, -0.1) is 0 Å². The summed E-state index contributed by atoms with van der Waals surface area (Å²) in [5, 5.41) is 14.5. The highest BCUT2D eigenvalue weighted by atomic mass is 19.1. The van der Waals surface area contributed by atoms with E-state index in [-0.39, 0.29) is 12.0 Å². The van der Waals surface area contributed by atoms with Crippen molar-refractivity contribution in [2.45, 2.75) is 18.1 Å². The summed E-state index contributed by atoms with van der Waals surface area (Å²) in [5.74, 6) is -1.07. The van der Waals surface area contributed by atoms with Crippen molar-refractivity contribution >= 4 is 0 Å². The molecule has 122 valence electrons. The van der Waals surface area contributed by atoms with Crippen LogP contribution >= 0.6 is 0 Å². The second-order valence-corrected chi connectivity index (χ2v) is 5.77. The predicted molar refractivity (Wildman–Crippen MR) is 83.0 cm³/mol. The molecule has 1 heterocycles. The maximum absolute atomic E-state index is 14.0. The Morgan fingerprint density at radius 3 is 2.65 bits per heavy atom. The Bertz CT molecular complexity index is 659.